The summed E-state index contributed by atoms with van der Waals surface area (Å²) < 4.78 is 18.8. The van der Waals surface area contributed by atoms with Crippen molar-refractivity contribution in [2.24, 2.45) is 0 Å². The van der Waals surface area contributed by atoms with Gasteiger partial charge >= 0.3 is 0 Å². The Hall–Kier alpha value is -1.32. The highest BCUT2D eigenvalue weighted by Crippen LogP contribution is 2.26. The molecule has 0 bridgehead atoms. The van der Waals surface area contributed by atoms with Crippen molar-refractivity contribution < 1.29 is 8.81 Å². The van der Waals surface area contributed by atoms with Gasteiger partial charge in [0, 0.05) is 11.6 Å². The number of hydrogen-bond donors (Lipinski definition) is 1. The second-order valence-electron chi connectivity index (χ2n) is 4.59. The highest BCUT2D eigenvalue weighted by Gasteiger charge is 2.08. The summed E-state index contributed by atoms with van der Waals surface area (Å²) in [5.41, 5.74) is 0.779. The van der Waals surface area contributed by atoms with Gasteiger partial charge in [-0.3, -0.25) is 0 Å². The topological polar surface area (TPSA) is 25.2 Å². The molecule has 1 N–H and O–H groups in total. The van der Waals surface area contributed by atoms with E-state index < -0.39 is 5.82 Å². The van der Waals surface area contributed by atoms with E-state index in [1.165, 1.54) is 6.07 Å². The van der Waals surface area contributed by atoms with Gasteiger partial charge in [-0.15, -0.1) is 0 Å². The Morgan fingerprint density at radius 3 is 2.79 bits per heavy atom. The zero-order chi connectivity index (χ0) is 13.8. The summed E-state index contributed by atoms with van der Waals surface area (Å²) in [6.07, 6.45) is 1.07. The maximum Gasteiger partial charge on any atom is 0.141 e. The Bertz CT molecular complexity index is 553. The van der Waals surface area contributed by atoms with E-state index in [1.807, 2.05) is 12.1 Å². The van der Waals surface area contributed by atoms with Gasteiger partial charge in [0.25, 0.3) is 0 Å². The molecule has 19 heavy (non-hydrogen) atoms. The van der Waals surface area contributed by atoms with Crippen LogP contribution in [0.3, 0.4) is 0 Å². The third-order valence-corrected chi connectivity index (χ3v) is 3.39. The van der Waals surface area contributed by atoms with Gasteiger partial charge in [0.1, 0.15) is 17.3 Å². The zero-order valence-electron chi connectivity index (χ0n) is 11.0. The van der Waals surface area contributed by atoms with E-state index in [-0.39, 0.29) is 5.02 Å². The number of benzene rings is 1. The van der Waals surface area contributed by atoms with Gasteiger partial charge < -0.3 is 9.73 Å². The van der Waals surface area contributed by atoms with E-state index in [1.54, 1.807) is 12.1 Å². The third kappa shape index (κ3) is 3.58. The van der Waals surface area contributed by atoms with Crippen molar-refractivity contribution in [3.63, 3.8) is 0 Å². The van der Waals surface area contributed by atoms with Crippen LogP contribution in [0, 0.1) is 5.82 Å². The molecule has 2 rings (SSSR count). The fourth-order valence-electron chi connectivity index (χ4n) is 1.70. The van der Waals surface area contributed by atoms with Crippen LogP contribution in [0.5, 0.6) is 0 Å². The molecule has 102 valence electrons. The number of rotatable bonds is 5. The van der Waals surface area contributed by atoms with Crippen LogP contribution in [0.25, 0.3) is 11.3 Å². The van der Waals surface area contributed by atoms with E-state index in [0.717, 1.165) is 17.7 Å². The van der Waals surface area contributed by atoms with Crippen LogP contribution < -0.4 is 5.32 Å². The minimum absolute atomic E-state index is 0.105. The minimum Gasteiger partial charge on any atom is -0.460 e. The highest BCUT2D eigenvalue weighted by atomic mass is 35.5. The van der Waals surface area contributed by atoms with Crippen molar-refractivity contribution in [3.05, 3.63) is 46.9 Å². The average Bonchev–Trinajstić information content (AvgIpc) is 2.88. The van der Waals surface area contributed by atoms with E-state index in [4.69, 9.17) is 16.0 Å². The van der Waals surface area contributed by atoms with Crippen molar-refractivity contribution in [3.8, 4) is 11.3 Å². The summed E-state index contributed by atoms with van der Waals surface area (Å²) >= 11 is 5.76. The van der Waals surface area contributed by atoms with Crippen LogP contribution in [0.1, 0.15) is 26.0 Å². The standard InChI is InChI=1S/C15H17ClFNO/c1-3-10(2)18-9-12-5-7-15(19-12)11-4-6-14(17)13(16)8-11/h4-8,10,18H,3,9H2,1-2H3. The first-order valence-electron chi connectivity index (χ1n) is 6.37. The van der Waals surface area contributed by atoms with Crippen molar-refractivity contribution >= 4 is 11.6 Å². The molecule has 1 aromatic carbocycles. The summed E-state index contributed by atoms with van der Waals surface area (Å²) in [5.74, 6) is 1.13. The zero-order valence-corrected chi connectivity index (χ0v) is 11.8. The van der Waals surface area contributed by atoms with Crippen molar-refractivity contribution in [1.82, 2.24) is 5.32 Å². The highest BCUT2D eigenvalue weighted by molar-refractivity contribution is 6.31. The van der Waals surface area contributed by atoms with Gasteiger partial charge in [-0.1, -0.05) is 18.5 Å². The van der Waals surface area contributed by atoms with Crippen molar-refractivity contribution in [1.29, 1.82) is 0 Å². The maximum atomic E-state index is 13.1. The molecule has 0 amide bonds. The quantitative estimate of drug-likeness (QED) is 0.864. The Kier molecular flexibility index (Phi) is 4.61. The molecule has 0 fully saturated rings. The summed E-state index contributed by atoms with van der Waals surface area (Å²) in [4.78, 5) is 0. The predicted molar refractivity (Wildman–Crippen MR) is 75.7 cm³/mol. The van der Waals surface area contributed by atoms with Crippen LogP contribution in [0.4, 0.5) is 4.39 Å². The first kappa shape index (κ1) is 14.1. The molecular weight excluding hydrogens is 265 g/mol. The number of hydrogen-bond acceptors (Lipinski definition) is 2. The van der Waals surface area contributed by atoms with Crippen LogP contribution in [0.2, 0.25) is 5.02 Å². The average molecular weight is 282 g/mol. The van der Waals surface area contributed by atoms with Crippen molar-refractivity contribution in [2.75, 3.05) is 0 Å². The van der Waals surface area contributed by atoms with E-state index >= 15 is 0 Å². The molecule has 1 heterocycles. The fraction of sp³-hybridized carbons (Fsp3) is 0.333. The summed E-state index contributed by atoms with van der Waals surface area (Å²) in [7, 11) is 0. The number of furan rings is 1. The van der Waals surface area contributed by atoms with E-state index in [2.05, 4.69) is 19.2 Å². The first-order chi connectivity index (χ1) is 9.10. The van der Waals surface area contributed by atoms with Gasteiger partial charge in [-0.2, -0.15) is 0 Å². The molecule has 4 heteroatoms. The Morgan fingerprint density at radius 2 is 2.11 bits per heavy atom. The second-order valence-corrected chi connectivity index (χ2v) is 4.99. The predicted octanol–water partition coefficient (Wildman–Crippen LogP) is 4.63. The maximum absolute atomic E-state index is 13.1. The molecule has 0 aliphatic rings. The smallest absolute Gasteiger partial charge is 0.141 e. The van der Waals surface area contributed by atoms with Gasteiger partial charge in [0.2, 0.25) is 0 Å². The van der Waals surface area contributed by atoms with E-state index in [9.17, 15) is 4.39 Å². The summed E-state index contributed by atoms with van der Waals surface area (Å²) in [5, 5.41) is 3.46. The lowest BCUT2D eigenvalue weighted by Crippen LogP contribution is -2.24. The molecule has 1 atom stereocenters. The normalized spacial score (nSPS) is 12.6. The fourth-order valence-corrected chi connectivity index (χ4v) is 1.88. The minimum atomic E-state index is -0.421. The van der Waals surface area contributed by atoms with Gasteiger partial charge in [-0.05, 0) is 43.7 Å². The SMILES string of the molecule is CCC(C)NCc1ccc(-c2ccc(F)c(Cl)c2)o1. The Morgan fingerprint density at radius 1 is 1.32 bits per heavy atom. The second kappa shape index (κ2) is 6.22. The lowest BCUT2D eigenvalue weighted by atomic mass is 10.2. The molecule has 0 aliphatic heterocycles. The molecule has 1 unspecified atom stereocenters. The van der Waals surface area contributed by atoms with Crippen LogP contribution in [0.15, 0.2) is 34.7 Å². The van der Waals surface area contributed by atoms with Gasteiger partial charge in [-0.25, -0.2) is 4.39 Å². The Labute approximate surface area is 117 Å². The monoisotopic (exact) mass is 281 g/mol. The molecule has 0 saturated carbocycles. The van der Waals surface area contributed by atoms with Crippen molar-refractivity contribution in [2.45, 2.75) is 32.9 Å². The number of halogens is 2. The first-order valence-corrected chi connectivity index (χ1v) is 6.75. The largest absolute Gasteiger partial charge is 0.460 e. The van der Waals surface area contributed by atoms with Crippen LogP contribution in [-0.4, -0.2) is 6.04 Å². The summed E-state index contributed by atoms with van der Waals surface area (Å²) in [6.45, 7) is 4.94. The third-order valence-electron chi connectivity index (χ3n) is 3.10. The molecule has 2 nitrogen and oxygen atoms in total. The molecule has 1 aromatic heterocycles. The van der Waals surface area contributed by atoms with E-state index in [0.29, 0.717) is 18.3 Å². The summed E-state index contributed by atoms with van der Waals surface area (Å²) in [6, 6.07) is 8.82. The Balaban J connectivity index is 2.09. The van der Waals surface area contributed by atoms with Gasteiger partial charge in [0.05, 0.1) is 11.6 Å². The lowest BCUT2D eigenvalue weighted by Gasteiger charge is -2.09. The lowest BCUT2D eigenvalue weighted by molar-refractivity contribution is 0.456. The molecule has 0 spiro atoms. The number of nitrogens with one attached hydrogen (secondary N) is 1. The molecule has 0 radical (unpaired) electrons. The molecular formula is C15H17ClFNO. The van der Waals surface area contributed by atoms with Crippen LogP contribution >= 0.6 is 11.6 Å². The van der Waals surface area contributed by atoms with Gasteiger partial charge in [0.15, 0.2) is 0 Å². The van der Waals surface area contributed by atoms with Crippen LogP contribution in [-0.2, 0) is 6.54 Å². The molecule has 0 aliphatic carbocycles. The molecule has 2 aromatic rings. The molecule has 0 saturated heterocycles.